The number of halogens is 1. The molecule has 0 radical (unpaired) electrons. The molecule has 1 aliphatic heterocycles. The average molecular weight is 405 g/mol. The van der Waals surface area contributed by atoms with Gasteiger partial charge >= 0.3 is 6.03 Å². The van der Waals surface area contributed by atoms with Gasteiger partial charge < -0.3 is 15.5 Å². The van der Waals surface area contributed by atoms with Gasteiger partial charge in [-0.2, -0.15) is 0 Å². The first-order valence-electron chi connectivity index (χ1n) is 10.1. The van der Waals surface area contributed by atoms with Crippen LogP contribution in [0.1, 0.15) is 29.6 Å². The van der Waals surface area contributed by atoms with Gasteiger partial charge in [0.15, 0.2) is 0 Å². The number of hydrogen-bond donors (Lipinski definition) is 2. The van der Waals surface area contributed by atoms with Crippen molar-refractivity contribution < 1.29 is 9.18 Å². The number of nitrogens with one attached hydrogen (secondary N) is 2. The predicted octanol–water partition coefficient (Wildman–Crippen LogP) is 4.69. The number of urea groups is 1. The van der Waals surface area contributed by atoms with Crippen LogP contribution in [-0.4, -0.2) is 22.5 Å². The number of nitrogens with zero attached hydrogens (tertiary/aromatic N) is 3. The van der Waals surface area contributed by atoms with E-state index in [1.165, 1.54) is 12.1 Å². The zero-order chi connectivity index (χ0) is 21.1. The number of benzene rings is 2. The molecule has 0 fully saturated rings. The molecular weight excluding hydrogens is 381 g/mol. The summed E-state index contributed by atoms with van der Waals surface area (Å²) in [4.78, 5) is 23.7. The Bertz CT molecular complexity index is 1080. The molecule has 154 valence electrons. The normalized spacial score (nSPS) is 13.0. The average Bonchev–Trinajstić information content (AvgIpc) is 2.74. The standard InChI is InChI=1S/C23H24FN5O/c1-3-17-13-22(26-15(2)25-17)29-12-11-18-16(14-29)7-6-10-20(18)27-23(30)28-21-9-5-4-8-19(21)24/h4-10,13H,3,11-12,14H2,1-2H3,(H2,27,28,30). The van der Waals surface area contributed by atoms with E-state index in [0.29, 0.717) is 6.54 Å². The molecule has 1 aromatic heterocycles. The lowest BCUT2D eigenvalue weighted by molar-refractivity contribution is 0.262. The fraction of sp³-hybridized carbons (Fsp3) is 0.261. The van der Waals surface area contributed by atoms with Crippen molar-refractivity contribution in [2.45, 2.75) is 33.2 Å². The lowest BCUT2D eigenvalue weighted by atomic mass is 9.97. The molecule has 7 heteroatoms. The molecule has 0 saturated carbocycles. The molecule has 0 saturated heterocycles. The molecule has 2 amide bonds. The third-order valence-electron chi connectivity index (χ3n) is 5.20. The first-order chi connectivity index (χ1) is 14.5. The fourth-order valence-corrected chi connectivity index (χ4v) is 3.72. The maximum Gasteiger partial charge on any atom is 0.323 e. The highest BCUT2D eigenvalue weighted by molar-refractivity contribution is 6.00. The second kappa shape index (κ2) is 8.49. The summed E-state index contributed by atoms with van der Waals surface area (Å²) >= 11 is 0. The smallest absolute Gasteiger partial charge is 0.323 e. The number of fused-ring (bicyclic) bond motifs is 1. The van der Waals surface area contributed by atoms with E-state index >= 15 is 0 Å². The maximum atomic E-state index is 13.8. The Labute approximate surface area is 175 Å². The van der Waals surface area contributed by atoms with Crippen LogP contribution in [-0.2, 0) is 19.4 Å². The minimum absolute atomic E-state index is 0.150. The van der Waals surface area contributed by atoms with Gasteiger partial charge in [-0.15, -0.1) is 0 Å². The van der Waals surface area contributed by atoms with Gasteiger partial charge in [0.1, 0.15) is 17.5 Å². The summed E-state index contributed by atoms with van der Waals surface area (Å²) in [6.07, 6.45) is 1.64. The Hall–Kier alpha value is -3.48. The van der Waals surface area contributed by atoms with Crippen LogP contribution in [0.5, 0.6) is 0 Å². The van der Waals surface area contributed by atoms with Crippen molar-refractivity contribution in [1.29, 1.82) is 0 Å². The lowest BCUT2D eigenvalue weighted by Crippen LogP contribution is -2.32. The van der Waals surface area contributed by atoms with E-state index in [9.17, 15) is 9.18 Å². The van der Waals surface area contributed by atoms with Gasteiger partial charge in [0.25, 0.3) is 0 Å². The van der Waals surface area contributed by atoms with E-state index in [4.69, 9.17) is 0 Å². The second-order valence-corrected chi connectivity index (χ2v) is 7.29. The van der Waals surface area contributed by atoms with Crippen molar-refractivity contribution in [1.82, 2.24) is 9.97 Å². The van der Waals surface area contributed by atoms with Crippen molar-refractivity contribution in [3.63, 3.8) is 0 Å². The number of rotatable bonds is 4. The quantitative estimate of drug-likeness (QED) is 0.660. The van der Waals surface area contributed by atoms with Crippen LogP contribution in [0.2, 0.25) is 0 Å². The largest absolute Gasteiger partial charge is 0.352 e. The van der Waals surface area contributed by atoms with Crippen LogP contribution < -0.4 is 15.5 Å². The van der Waals surface area contributed by atoms with Crippen molar-refractivity contribution in [2.75, 3.05) is 22.1 Å². The van der Waals surface area contributed by atoms with Crippen LogP contribution in [0.25, 0.3) is 0 Å². The molecule has 2 heterocycles. The molecule has 4 rings (SSSR count). The van der Waals surface area contributed by atoms with Crippen LogP contribution in [0, 0.1) is 12.7 Å². The molecule has 0 bridgehead atoms. The third kappa shape index (κ3) is 4.25. The monoisotopic (exact) mass is 405 g/mol. The van der Waals surface area contributed by atoms with Crippen LogP contribution in [0.4, 0.5) is 26.4 Å². The van der Waals surface area contributed by atoms with Crippen LogP contribution >= 0.6 is 0 Å². The highest BCUT2D eigenvalue weighted by Gasteiger charge is 2.21. The molecule has 2 aromatic carbocycles. The van der Waals surface area contributed by atoms with E-state index in [1.54, 1.807) is 12.1 Å². The molecule has 2 N–H and O–H groups in total. The number of carbonyl (C=O) groups is 1. The SMILES string of the molecule is CCc1cc(N2CCc3c(cccc3NC(=O)Nc3ccccc3F)C2)nc(C)n1. The molecule has 3 aromatic rings. The first kappa shape index (κ1) is 19.8. The number of aromatic nitrogens is 2. The number of carbonyl (C=O) groups excluding carboxylic acids is 1. The van der Waals surface area contributed by atoms with E-state index in [0.717, 1.165) is 53.5 Å². The van der Waals surface area contributed by atoms with Crippen molar-refractivity contribution in [3.8, 4) is 0 Å². The van der Waals surface area contributed by atoms with Crippen LogP contribution in [0.3, 0.4) is 0 Å². The van der Waals surface area contributed by atoms with Gasteiger partial charge in [0.2, 0.25) is 0 Å². The first-order valence-corrected chi connectivity index (χ1v) is 10.1. The highest BCUT2D eigenvalue weighted by Crippen LogP contribution is 2.29. The summed E-state index contributed by atoms with van der Waals surface area (Å²) in [6.45, 7) is 5.50. The van der Waals surface area contributed by atoms with E-state index in [2.05, 4.69) is 38.5 Å². The summed E-state index contributed by atoms with van der Waals surface area (Å²) in [6, 6.07) is 13.5. The van der Waals surface area contributed by atoms with Gasteiger partial charge in [0, 0.05) is 30.5 Å². The molecule has 0 unspecified atom stereocenters. The summed E-state index contributed by atoms with van der Waals surface area (Å²) in [5.74, 6) is 1.24. The minimum atomic E-state index is -0.468. The van der Waals surface area contributed by atoms with Gasteiger partial charge in [0.05, 0.1) is 5.69 Å². The molecule has 0 spiro atoms. The van der Waals surface area contributed by atoms with E-state index < -0.39 is 11.8 Å². The summed E-state index contributed by atoms with van der Waals surface area (Å²) in [5, 5.41) is 5.43. The zero-order valence-corrected chi connectivity index (χ0v) is 17.1. The number of amides is 2. The number of anilines is 3. The Morgan fingerprint density at radius 1 is 1.10 bits per heavy atom. The topological polar surface area (TPSA) is 70.2 Å². The predicted molar refractivity (Wildman–Crippen MR) is 116 cm³/mol. The molecule has 1 aliphatic rings. The summed E-state index contributed by atoms with van der Waals surface area (Å²) in [7, 11) is 0. The van der Waals surface area contributed by atoms with Crippen LogP contribution in [0.15, 0.2) is 48.5 Å². The highest BCUT2D eigenvalue weighted by atomic mass is 19.1. The number of aryl methyl sites for hydroxylation is 2. The second-order valence-electron chi connectivity index (χ2n) is 7.29. The van der Waals surface area contributed by atoms with Crippen molar-refractivity contribution in [2.24, 2.45) is 0 Å². The van der Waals surface area contributed by atoms with Gasteiger partial charge in [-0.25, -0.2) is 19.2 Å². The lowest BCUT2D eigenvalue weighted by Gasteiger charge is -2.31. The number of hydrogen-bond acceptors (Lipinski definition) is 4. The molecule has 6 nitrogen and oxygen atoms in total. The molecule has 0 atom stereocenters. The minimum Gasteiger partial charge on any atom is -0.352 e. The van der Waals surface area contributed by atoms with E-state index in [1.807, 2.05) is 25.1 Å². The van der Waals surface area contributed by atoms with Crippen molar-refractivity contribution in [3.05, 3.63) is 77.0 Å². The summed E-state index contributed by atoms with van der Waals surface area (Å²) < 4.78 is 13.8. The molecule has 30 heavy (non-hydrogen) atoms. The molecular formula is C23H24FN5O. The Morgan fingerprint density at radius 3 is 2.67 bits per heavy atom. The summed E-state index contributed by atoms with van der Waals surface area (Å²) in [5.41, 5.74) is 4.16. The van der Waals surface area contributed by atoms with Gasteiger partial charge in [-0.1, -0.05) is 31.2 Å². The fourth-order valence-electron chi connectivity index (χ4n) is 3.72. The van der Waals surface area contributed by atoms with E-state index in [-0.39, 0.29) is 5.69 Å². The zero-order valence-electron chi connectivity index (χ0n) is 17.1. The van der Waals surface area contributed by atoms with Gasteiger partial charge in [-0.3, -0.25) is 0 Å². The van der Waals surface area contributed by atoms with Crippen molar-refractivity contribution >= 4 is 23.2 Å². The Kier molecular flexibility index (Phi) is 5.61. The molecule has 0 aliphatic carbocycles. The Morgan fingerprint density at radius 2 is 1.87 bits per heavy atom. The number of para-hydroxylation sites is 1. The third-order valence-corrected chi connectivity index (χ3v) is 5.20. The maximum absolute atomic E-state index is 13.8. The Balaban J connectivity index is 1.51. The van der Waals surface area contributed by atoms with Gasteiger partial charge in [-0.05, 0) is 49.1 Å².